The van der Waals surface area contributed by atoms with Crippen molar-refractivity contribution in [1.82, 2.24) is 4.90 Å². The first-order valence-corrected chi connectivity index (χ1v) is 12.7. The van der Waals surface area contributed by atoms with Gasteiger partial charge in [-0.05, 0) is 52.9 Å². The summed E-state index contributed by atoms with van der Waals surface area (Å²) in [7, 11) is -5.08. The summed E-state index contributed by atoms with van der Waals surface area (Å²) in [6, 6.07) is -0.328. The minimum atomic E-state index is -3.17. The molecule has 0 amide bonds. The van der Waals surface area contributed by atoms with Crippen LogP contribution in [-0.4, -0.2) is 51.3 Å². The van der Waals surface area contributed by atoms with E-state index in [1.54, 1.807) is 13.8 Å². The van der Waals surface area contributed by atoms with Crippen LogP contribution in [0, 0.1) is 0 Å². The van der Waals surface area contributed by atoms with Gasteiger partial charge >= 0.3 is 13.6 Å². The largest absolute Gasteiger partial charge is 0.519 e. The van der Waals surface area contributed by atoms with Crippen LogP contribution in [-0.2, 0) is 22.8 Å². The van der Waals surface area contributed by atoms with Crippen molar-refractivity contribution in [2.45, 2.75) is 52.4 Å². The molecule has 1 aliphatic heterocycles. The van der Waals surface area contributed by atoms with Crippen LogP contribution >= 0.6 is 7.60 Å². The SMILES string of the molecule is CCOP(=O)(CN1CCCC1C(=O)O[Si](C)(C)C)OCC. The third kappa shape index (κ3) is 6.20. The monoisotopic (exact) mass is 337 g/mol. The molecule has 1 unspecified atom stereocenters. The van der Waals surface area contributed by atoms with Gasteiger partial charge in [-0.15, -0.1) is 0 Å². The zero-order valence-corrected chi connectivity index (χ0v) is 15.7. The summed E-state index contributed by atoms with van der Waals surface area (Å²) in [4.78, 5) is 14.2. The zero-order chi connectivity index (χ0) is 16.1. The molecule has 1 saturated heterocycles. The molecular weight excluding hydrogens is 309 g/mol. The second kappa shape index (κ2) is 7.88. The van der Waals surface area contributed by atoms with Crippen LogP contribution in [0.15, 0.2) is 0 Å². The summed E-state index contributed by atoms with van der Waals surface area (Å²) < 4.78 is 28.8. The predicted octanol–water partition coefficient (Wildman–Crippen LogP) is 3.05. The van der Waals surface area contributed by atoms with E-state index in [4.69, 9.17) is 13.5 Å². The van der Waals surface area contributed by atoms with Crippen LogP contribution in [0.25, 0.3) is 0 Å². The number of rotatable bonds is 8. The molecule has 0 radical (unpaired) electrons. The Hall–Kier alpha value is -0.203. The molecule has 1 aliphatic rings. The average Bonchev–Trinajstić information content (AvgIpc) is 2.74. The van der Waals surface area contributed by atoms with E-state index >= 15 is 0 Å². The molecule has 1 heterocycles. The van der Waals surface area contributed by atoms with Crippen molar-refractivity contribution >= 4 is 21.9 Å². The van der Waals surface area contributed by atoms with Gasteiger partial charge in [0, 0.05) is 0 Å². The maximum atomic E-state index is 12.6. The molecule has 1 fully saturated rings. The lowest BCUT2D eigenvalue weighted by Crippen LogP contribution is -2.42. The molecule has 0 aliphatic carbocycles. The Labute approximate surface area is 128 Å². The van der Waals surface area contributed by atoms with E-state index in [0.717, 1.165) is 19.4 Å². The number of carbonyl (C=O) groups is 1. The van der Waals surface area contributed by atoms with Gasteiger partial charge < -0.3 is 13.5 Å². The summed E-state index contributed by atoms with van der Waals surface area (Å²) in [6.07, 6.45) is 1.78. The lowest BCUT2D eigenvalue weighted by Gasteiger charge is -2.29. The fourth-order valence-corrected chi connectivity index (χ4v) is 4.91. The van der Waals surface area contributed by atoms with Crippen LogP contribution in [0.4, 0.5) is 0 Å². The van der Waals surface area contributed by atoms with Gasteiger partial charge in [0.05, 0.1) is 13.2 Å². The average molecular weight is 337 g/mol. The van der Waals surface area contributed by atoms with Crippen LogP contribution in [0.3, 0.4) is 0 Å². The number of carbonyl (C=O) groups excluding carboxylic acids is 1. The quantitative estimate of drug-likeness (QED) is 0.501. The molecule has 0 N–H and O–H groups in total. The first kappa shape index (κ1) is 18.8. The molecule has 6 nitrogen and oxygen atoms in total. The summed E-state index contributed by atoms with van der Waals surface area (Å²) in [5, 5.41) is 0. The van der Waals surface area contributed by atoms with Crippen LogP contribution < -0.4 is 0 Å². The van der Waals surface area contributed by atoms with Crippen molar-refractivity contribution in [1.29, 1.82) is 0 Å². The Kier molecular flexibility index (Phi) is 7.07. The van der Waals surface area contributed by atoms with Gasteiger partial charge in [-0.2, -0.15) is 0 Å². The Bertz CT molecular complexity index is 389. The predicted molar refractivity (Wildman–Crippen MR) is 84.9 cm³/mol. The zero-order valence-electron chi connectivity index (χ0n) is 13.8. The fraction of sp³-hybridized carbons (Fsp3) is 0.923. The van der Waals surface area contributed by atoms with E-state index in [0.29, 0.717) is 13.2 Å². The molecule has 1 rings (SSSR count). The van der Waals surface area contributed by atoms with Crippen molar-refractivity contribution < 1.29 is 22.8 Å². The normalized spacial score (nSPS) is 20.7. The number of hydrogen-bond acceptors (Lipinski definition) is 6. The molecule has 0 bridgehead atoms. The highest BCUT2D eigenvalue weighted by Gasteiger charge is 2.39. The van der Waals surface area contributed by atoms with Gasteiger partial charge in [-0.25, -0.2) is 0 Å². The molecule has 0 saturated carbocycles. The van der Waals surface area contributed by atoms with Crippen molar-refractivity contribution in [3.05, 3.63) is 0 Å². The van der Waals surface area contributed by atoms with Crippen LogP contribution in [0.5, 0.6) is 0 Å². The van der Waals surface area contributed by atoms with Crippen molar-refractivity contribution in [3.63, 3.8) is 0 Å². The number of likely N-dealkylation sites (tertiary alicyclic amines) is 1. The molecular formula is C13H28NO5PSi. The van der Waals surface area contributed by atoms with Gasteiger partial charge in [0.15, 0.2) is 0 Å². The highest BCUT2D eigenvalue weighted by Crippen LogP contribution is 2.49. The first-order valence-electron chi connectivity index (χ1n) is 7.56. The van der Waals surface area contributed by atoms with E-state index in [1.807, 2.05) is 24.5 Å². The van der Waals surface area contributed by atoms with Crippen molar-refractivity contribution in [2.24, 2.45) is 0 Å². The second-order valence-electron chi connectivity index (χ2n) is 6.09. The smallest absolute Gasteiger partial charge is 0.344 e. The maximum absolute atomic E-state index is 12.6. The maximum Gasteiger partial charge on any atom is 0.344 e. The summed E-state index contributed by atoms with van der Waals surface area (Å²) >= 11 is 0. The second-order valence-corrected chi connectivity index (χ2v) is 12.5. The van der Waals surface area contributed by atoms with E-state index < -0.39 is 15.9 Å². The Balaban J connectivity index is 2.72. The minimum Gasteiger partial charge on any atom is -0.519 e. The summed E-state index contributed by atoms with van der Waals surface area (Å²) in [6.45, 7) is 10.9. The van der Waals surface area contributed by atoms with Gasteiger partial charge in [0.1, 0.15) is 12.3 Å². The highest BCUT2D eigenvalue weighted by molar-refractivity contribution is 7.53. The molecule has 0 aromatic rings. The summed E-state index contributed by atoms with van der Waals surface area (Å²) in [5.41, 5.74) is 0. The van der Waals surface area contributed by atoms with E-state index in [1.165, 1.54) is 0 Å². The lowest BCUT2D eigenvalue weighted by molar-refractivity contribution is -0.139. The van der Waals surface area contributed by atoms with Crippen LogP contribution in [0.1, 0.15) is 26.7 Å². The van der Waals surface area contributed by atoms with E-state index in [-0.39, 0.29) is 18.3 Å². The van der Waals surface area contributed by atoms with Gasteiger partial charge in [0.2, 0.25) is 8.32 Å². The van der Waals surface area contributed by atoms with Gasteiger partial charge in [-0.1, -0.05) is 0 Å². The molecule has 0 aromatic heterocycles. The summed E-state index contributed by atoms with van der Waals surface area (Å²) in [5.74, 6) is -0.203. The highest BCUT2D eigenvalue weighted by atomic mass is 31.2. The third-order valence-electron chi connectivity index (χ3n) is 3.05. The van der Waals surface area contributed by atoms with Crippen molar-refractivity contribution in [3.8, 4) is 0 Å². The standard InChI is InChI=1S/C13H28NO5PSi/c1-6-17-20(16,18-7-2)11-14-10-8-9-12(14)13(15)19-21(3,4)5/h12H,6-11H2,1-5H3. The third-order valence-corrected chi connectivity index (χ3v) is 5.88. The van der Waals surface area contributed by atoms with Gasteiger partial charge in [-0.3, -0.25) is 14.3 Å². The number of hydrogen-bond donors (Lipinski definition) is 0. The van der Waals surface area contributed by atoms with Crippen LogP contribution in [0.2, 0.25) is 19.6 Å². The van der Waals surface area contributed by atoms with Gasteiger partial charge in [0.25, 0.3) is 0 Å². The Morgan fingerprint density at radius 2 is 1.81 bits per heavy atom. The molecule has 0 spiro atoms. The fourth-order valence-electron chi connectivity index (χ4n) is 2.37. The first-order chi connectivity index (χ1) is 9.71. The molecule has 0 aromatic carbocycles. The topological polar surface area (TPSA) is 65.1 Å². The molecule has 8 heteroatoms. The molecule has 124 valence electrons. The van der Waals surface area contributed by atoms with Crippen molar-refractivity contribution in [2.75, 3.05) is 26.0 Å². The Morgan fingerprint density at radius 1 is 1.24 bits per heavy atom. The van der Waals surface area contributed by atoms with E-state index in [9.17, 15) is 9.36 Å². The molecule has 21 heavy (non-hydrogen) atoms. The molecule has 1 atom stereocenters. The Morgan fingerprint density at radius 3 is 2.29 bits per heavy atom. The minimum absolute atomic E-state index is 0.153. The number of nitrogens with zero attached hydrogens (tertiary/aromatic N) is 1. The lowest BCUT2D eigenvalue weighted by atomic mass is 10.2. The van der Waals surface area contributed by atoms with E-state index in [2.05, 4.69) is 0 Å².